The largest absolute Gasteiger partial charge is 0.357 e. The molecule has 1 amide bonds. The molecule has 1 N–H and O–H groups in total. The van der Waals surface area contributed by atoms with E-state index in [1.165, 1.54) is 32.1 Å². The van der Waals surface area contributed by atoms with Crippen LogP contribution < -0.4 is 10.2 Å². The number of carbonyl (C=O) groups excluding carboxylic acids is 1. The molecule has 2 heterocycles. The number of nitrogens with one attached hydrogen (secondary N) is 1. The standard InChI is InChI=1S/C21H26N4O/c26-21(24-18-6-2-1-3-7-18)17-10-8-16(9-11-17)19-14-20(23-15-22-19)25-12-4-5-13-25/h8-11,14-15,18H,1-7,12-13H2,(H,24,26). The molecule has 1 aliphatic carbocycles. The lowest BCUT2D eigenvalue weighted by Crippen LogP contribution is -2.36. The number of hydrogen-bond donors (Lipinski definition) is 1. The maximum absolute atomic E-state index is 12.4. The average Bonchev–Trinajstić information content (AvgIpc) is 3.24. The Labute approximate surface area is 154 Å². The number of benzene rings is 1. The first-order valence-corrected chi connectivity index (χ1v) is 9.78. The van der Waals surface area contributed by atoms with Gasteiger partial charge in [0, 0.05) is 36.3 Å². The number of rotatable bonds is 4. The molecule has 5 heteroatoms. The molecule has 136 valence electrons. The van der Waals surface area contributed by atoms with Gasteiger partial charge in [0.05, 0.1) is 5.69 Å². The van der Waals surface area contributed by atoms with E-state index in [-0.39, 0.29) is 5.91 Å². The molecule has 2 aromatic rings. The lowest BCUT2D eigenvalue weighted by molar-refractivity contribution is 0.0927. The lowest BCUT2D eigenvalue weighted by Gasteiger charge is -2.22. The summed E-state index contributed by atoms with van der Waals surface area (Å²) < 4.78 is 0. The van der Waals surface area contributed by atoms with Crippen molar-refractivity contribution < 1.29 is 4.79 Å². The SMILES string of the molecule is O=C(NC1CCCCC1)c1ccc(-c2cc(N3CCCC3)ncn2)cc1. The predicted molar refractivity (Wildman–Crippen MR) is 103 cm³/mol. The fourth-order valence-corrected chi connectivity index (χ4v) is 3.93. The van der Waals surface area contributed by atoms with E-state index in [0.29, 0.717) is 11.6 Å². The van der Waals surface area contributed by atoms with Crippen molar-refractivity contribution in [1.29, 1.82) is 0 Å². The lowest BCUT2D eigenvalue weighted by atomic mass is 9.95. The van der Waals surface area contributed by atoms with Gasteiger partial charge in [0.15, 0.2) is 0 Å². The zero-order chi connectivity index (χ0) is 17.8. The Morgan fingerprint density at radius 1 is 0.962 bits per heavy atom. The Kier molecular flexibility index (Phi) is 5.14. The second kappa shape index (κ2) is 7.85. The Morgan fingerprint density at radius 3 is 2.42 bits per heavy atom. The molecule has 0 unspecified atom stereocenters. The molecule has 0 atom stereocenters. The number of amides is 1. The molecule has 0 radical (unpaired) electrons. The van der Waals surface area contributed by atoms with Crippen LogP contribution in [0.1, 0.15) is 55.3 Å². The quantitative estimate of drug-likeness (QED) is 0.911. The average molecular weight is 350 g/mol. The van der Waals surface area contributed by atoms with Crippen molar-refractivity contribution in [2.24, 2.45) is 0 Å². The van der Waals surface area contributed by atoms with Crippen LogP contribution in [0.2, 0.25) is 0 Å². The smallest absolute Gasteiger partial charge is 0.251 e. The van der Waals surface area contributed by atoms with Crippen LogP contribution in [0, 0.1) is 0 Å². The summed E-state index contributed by atoms with van der Waals surface area (Å²) in [7, 11) is 0. The summed E-state index contributed by atoms with van der Waals surface area (Å²) in [5.74, 6) is 1.02. The molecule has 1 aromatic heterocycles. The van der Waals surface area contributed by atoms with Gasteiger partial charge in [-0.3, -0.25) is 4.79 Å². The van der Waals surface area contributed by atoms with Gasteiger partial charge in [0.2, 0.25) is 0 Å². The first kappa shape index (κ1) is 17.0. The molecule has 0 spiro atoms. The molecule has 26 heavy (non-hydrogen) atoms. The van der Waals surface area contributed by atoms with E-state index >= 15 is 0 Å². The summed E-state index contributed by atoms with van der Waals surface area (Å²) in [6.45, 7) is 2.13. The fraction of sp³-hybridized carbons (Fsp3) is 0.476. The minimum Gasteiger partial charge on any atom is -0.357 e. The van der Waals surface area contributed by atoms with Crippen molar-refractivity contribution in [3.8, 4) is 11.3 Å². The van der Waals surface area contributed by atoms with Crippen LogP contribution in [0.25, 0.3) is 11.3 Å². The van der Waals surface area contributed by atoms with Gasteiger partial charge in [-0.25, -0.2) is 9.97 Å². The first-order chi connectivity index (χ1) is 12.8. The van der Waals surface area contributed by atoms with Crippen LogP contribution in [-0.4, -0.2) is 35.0 Å². The normalized spacial score (nSPS) is 18.1. The number of aromatic nitrogens is 2. The summed E-state index contributed by atoms with van der Waals surface area (Å²) in [6.07, 6.45) is 10.0. The highest BCUT2D eigenvalue weighted by molar-refractivity contribution is 5.94. The monoisotopic (exact) mass is 350 g/mol. The van der Waals surface area contributed by atoms with Crippen molar-refractivity contribution in [1.82, 2.24) is 15.3 Å². The Hall–Kier alpha value is -2.43. The maximum atomic E-state index is 12.4. The fourth-order valence-electron chi connectivity index (χ4n) is 3.93. The number of nitrogens with zero attached hydrogens (tertiary/aromatic N) is 3. The highest BCUT2D eigenvalue weighted by atomic mass is 16.1. The van der Waals surface area contributed by atoms with E-state index in [4.69, 9.17) is 0 Å². The highest BCUT2D eigenvalue weighted by Crippen LogP contribution is 2.24. The second-order valence-corrected chi connectivity index (χ2v) is 7.34. The molecular weight excluding hydrogens is 324 g/mol. The molecular formula is C21H26N4O. The van der Waals surface area contributed by atoms with E-state index in [0.717, 1.165) is 43.0 Å². The first-order valence-electron chi connectivity index (χ1n) is 9.78. The van der Waals surface area contributed by atoms with Gasteiger partial charge in [0.1, 0.15) is 12.1 Å². The topological polar surface area (TPSA) is 58.1 Å². The Morgan fingerprint density at radius 2 is 1.69 bits per heavy atom. The van der Waals surface area contributed by atoms with Gasteiger partial charge in [0.25, 0.3) is 5.91 Å². The van der Waals surface area contributed by atoms with Crippen LogP contribution >= 0.6 is 0 Å². The van der Waals surface area contributed by atoms with Gasteiger partial charge in [-0.05, 0) is 37.8 Å². The summed E-state index contributed by atoms with van der Waals surface area (Å²) in [4.78, 5) is 23.6. The van der Waals surface area contributed by atoms with E-state index in [2.05, 4.69) is 20.2 Å². The van der Waals surface area contributed by atoms with Crippen molar-refractivity contribution in [2.75, 3.05) is 18.0 Å². The van der Waals surface area contributed by atoms with Crippen molar-refractivity contribution in [3.63, 3.8) is 0 Å². The predicted octanol–water partition coefficient (Wildman–Crippen LogP) is 3.81. The third-order valence-corrected chi connectivity index (χ3v) is 5.47. The van der Waals surface area contributed by atoms with Crippen LogP contribution in [-0.2, 0) is 0 Å². The Balaban J connectivity index is 1.45. The molecule has 1 aromatic carbocycles. The van der Waals surface area contributed by atoms with E-state index in [1.807, 2.05) is 30.3 Å². The van der Waals surface area contributed by atoms with Crippen molar-refractivity contribution in [3.05, 3.63) is 42.2 Å². The zero-order valence-corrected chi connectivity index (χ0v) is 15.2. The van der Waals surface area contributed by atoms with Crippen molar-refractivity contribution >= 4 is 11.7 Å². The molecule has 1 saturated heterocycles. The summed E-state index contributed by atoms with van der Waals surface area (Å²) in [5.41, 5.74) is 2.64. The summed E-state index contributed by atoms with van der Waals surface area (Å²) in [5, 5.41) is 3.17. The van der Waals surface area contributed by atoms with Gasteiger partial charge >= 0.3 is 0 Å². The van der Waals surface area contributed by atoms with Crippen LogP contribution in [0.3, 0.4) is 0 Å². The van der Waals surface area contributed by atoms with Crippen LogP contribution in [0.15, 0.2) is 36.7 Å². The molecule has 0 bridgehead atoms. The van der Waals surface area contributed by atoms with E-state index in [9.17, 15) is 4.79 Å². The van der Waals surface area contributed by atoms with Gasteiger partial charge in [-0.1, -0.05) is 31.4 Å². The summed E-state index contributed by atoms with van der Waals surface area (Å²) in [6, 6.07) is 10.1. The third-order valence-electron chi connectivity index (χ3n) is 5.47. The van der Waals surface area contributed by atoms with Gasteiger partial charge in [-0.15, -0.1) is 0 Å². The number of anilines is 1. The highest BCUT2D eigenvalue weighted by Gasteiger charge is 2.17. The van der Waals surface area contributed by atoms with E-state index in [1.54, 1.807) is 6.33 Å². The number of hydrogen-bond acceptors (Lipinski definition) is 4. The molecule has 1 aliphatic heterocycles. The molecule has 1 saturated carbocycles. The second-order valence-electron chi connectivity index (χ2n) is 7.34. The molecule has 2 fully saturated rings. The maximum Gasteiger partial charge on any atom is 0.251 e. The molecule has 2 aliphatic rings. The Bertz CT molecular complexity index is 747. The van der Waals surface area contributed by atoms with Gasteiger partial charge in [-0.2, -0.15) is 0 Å². The van der Waals surface area contributed by atoms with Crippen LogP contribution in [0.4, 0.5) is 5.82 Å². The zero-order valence-electron chi connectivity index (χ0n) is 15.2. The molecule has 4 rings (SSSR count). The van der Waals surface area contributed by atoms with Crippen LogP contribution in [0.5, 0.6) is 0 Å². The van der Waals surface area contributed by atoms with Crippen molar-refractivity contribution in [2.45, 2.75) is 51.0 Å². The minimum atomic E-state index is 0.0314. The van der Waals surface area contributed by atoms with Gasteiger partial charge < -0.3 is 10.2 Å². The molecule has 5 nitrogen and oxygen atoms in total. The summed E-state index contributed by atoms with van der Waals surface area (Å²) >= 11 is 0. The minimum absolute atomic E-state index is 0.0314. The van der Waals surface area contributed by atoms with E-state index < -0.39 is 0 Å². The number of carbonyl (C=O) groups is 1. The third kappa shape index (κ3) is 3.87.